The van der Waals surface area contributed by atoms with Crippen molar-refractivity contribution in [1.29, 1.82) is 0 Å². The molecule has 1 aromatic carbocycles. The van der Waals surface area contributed by atoms with Crippen molar-refractivity contribution in [1.82, 2.24) is 0 Å². The standard InChI is InChI=1S/C11H14N2O/c1-3-6-13-8-9-4-5-10(12)11(7-9)14-2/h3-5,7-8H,1,6,12H2,2H3. The van der Waals surface area contributed by atoms with Gasteiger partial charge in [0.1, 0.15) is 5.75 Å². The summed E-state index contributed by atoms with van der Waals surface area (Å²) < 4.78 is 5.09. The van der Waals surface area contributed by atoms with E-state index in [1.165, 1.54) is 0 Å². The Morgan fingerprint density at radius 1 is 1.57 bits per heavy atom. The summed E-state index contributed by atoms with van der Waals surface area (Å²) in [5, 5.41) is 0. The second kappa shape index (κ2) is 5.07. The fraction of sp³-hybridized carbons (Fsp3) is 0.182. The van der Waals surface area contributed by atoms with Crippen LogP contribution in [0.1, 0.15) is 5.56 Å². The van der Waals surface area contributed by atoms with Gasteiger partial charge in [-0.1, -0.05) is 12.1 Å². The molecular formula is C11H14N2O. The van der Waals surface area contributed by atoms with Crippen LogP contribution in [0.5, 0.6) is 5.75 Å². The van der Waals surface area contributed by atoms with E-state index in [9.17, 15) is 0 Å². The molecule has 0 radical (unpaired) electrons. The molecule has 1 aromatic rings. The van der Waals surface area contributed by atoms with Crippen LogP contribution in [-0.2, 0) is 0 Å². The van der Waals surface area contributed by atoms with E-state index in [1.54, 1.807) is 25.5 Å². The van der Waals surface area contributed by atoms with E-state index in [0.717, 1.165) is 5.56 Å². The SMILES string of the molecule is C=CCN=Cc1ccc(N)c(OC)c1. The number of nitrogen functional groups attached to an aromatic ring is 1. The van der Waals surface area contributed by atoms with Crippen molar-refractivity contribution in [2.45, 2.75) is 0 Å². The molecule has 74 valence electrons. The maximum absolute atomic E-state index is 5.67. The number of benzene rings is 1. The summed E-state index contributed by atoms with van der Waals surface area (Å²) in [6.07, 6.45) is 3.51. The third-order valence-corrected chi connectivity index (χ3v) is 1.73. The lowest BCUT2D eigenvalue weighted by Gasteiger charge is -2.04. The first-order valence-corrected chi connectivity index (χ1v) is 4.32. The van der Waals surface area contributed by atoms with E-state index in [2.05, 4.69) is 11.6 Å². The largest absolute Gasteiger partial charge is 0.495 e. The number of hydrogen-bond acceptors (Lipinski definition) is 3. The van der Waals surface area contributed by atoms with Crippen LogP contribution in [0.2, 0.25) is 0 Å². The second-order valence-corrected chi connectivity index (χ2v) is 2.78. The summed E-state index contributed by atoms with van der Waals surface area (Å²) in [7, 11) is 1.59. The highest BCUT2D eigenvalue weighted by Crippen LogP contribution is 2.21. The van der Waals surface area contributed by atoms with Gasteiger partial charge < -0.3 is 10.5 Å². The Kier molecular flexibility index (Phi) is 3.73. The van der Waals surface area contributed by atoms with Gasteiger partial charge in [0.25, 0.3) is 0 Å². The van der Waals surface area contributed by atoms with Crippen molar-refractivity contribution in [3.8, 4) is 5.75 Å². The molecule has 0 fully saturated rings. The number of hydrogen-bond donors (Lipinski definition) is 1. The number of nitrogens with two attached hydrogens (primary N) is 1. The Hall–Kier alpha value is -1.77. The highest BCUT2D eigenvalue weighted by atomic mass is 16.5. The number of rotatable bonds is 4. The molecule has 0 aromatic heterocycles. The third kappa shape index (κ3) is 2.62. The predicted octanol–water partition coefficient (Wildman–Crippen LogP) is 1.88. The van der Waals surface area contributed by atoms with Gasteiger partial charge >= 0.3 is 0 Å². The van der Waals surface area contributed by atoms with Gasteiger partial charge in [0.15, 0.2) is 0 Å². The Labute approximate surface area is 83.9 Å². The van der Waals surface area contributed by atoms with Crippen LogP contribution in [0.15, 0.2) is 35.8 Å². The fourth-order valence-corrected chi connectivity index (χ4v) is 1.04. The van der Waals surface area contributed by atoms with Crippen LogP contribution in [0, 0.1) is 0 Å². The lowest BCUT2D eigenvalue weighted by molar-refractivity contribution is 0.417. The molecule has 14 heavy (non-hydrogen) atoms. The normalized spacial score (nSPS) is 10.4. The summed E-state index contributed by atoms with van der Waals surface area (Å²) in [5.74, 6) is 0.674. The van der Waals surface area contributed by atoms with Crippen LogP contribution in [-0.4, -0.2) is 19.9 Å². The number of methoxy groups -OCH3 is 1. The Bertz CT molecular complexity index is 345. The van der Waals surface area contributed by atoms with Gasteiger partial charge in [0.2, 0.25) is 0 Å². The minimum absolute atomic E-state index is 0.618. The molecule has 3 heteroatoms. The summed E-state index contributed by atoms with van der Waals surface area (Å²) >= 11 is 0. The molecule has 0 saturated carbocycles. The molecule has 0 spiro atoms. The van der Waals surface area contributed by atoms with E-state index in [0.29, 0.717) is 18.0 Å². The zero-order valence-corrected chi connectivity index (χ0v) is 8.23. The summed E-state index contributed by atoms with van der Waals surface area (Å²) in [6, 6.07) is 5.54. The molecule has 0 atom stereocenters. The lowest BCUT2D eigenvalue weighted by atomic mass is 10.2. The van der Waals surface area contributed by atoms with Crippen molar-refractivity contribution in [2.75, 3.05) is 19.4 Å². The van der Waals surface area contributed by atoms with Crippen molar-refractivity contribution in [3.63, 3.8) is 0 Å². The molecule has 0 amide bonds. The van der Waals surface area contributed by atoms with Gasteiger partial charge in [-0.25, -0.2) is 0 Å². The molecule has 3 nitrogen and oxygen atoms in total. The highest BCUT2D eigenvalue weighted by Gasteiger charge is 1.98. The summed E-state index contributed by atoms with van der Waals surface area (Å²) in [4.78, 5) is 4.13. The summed E-state index contributed by atoms with van der Waals surface area (Å²) in [5.41, 5.74) is 7.27. The first-order valence-electron chi connectivity index (χ1n) is 4.32. The first kappa shape index (κ1) is 10.3. The van der Waals surface area contributed by atoms with Crippen LogP contribution in [0.3, 0.4) is 0 Å². The van der Waals surface area contributed by atoms with Crippen LogP contribution in [0.25, 0.3) is 0 Å². The van der Waals surface area contributed by atoms with Crippen molar-refractivity contribution >= 4 is 11.9 Å². The molecule has 0 aliphatic carbocycles. The Morgan fingerprint density at radius 3 is 3.00 bits per heavy atom. The maximum atomic E-state index is 5.67. The number of anilines is 1. The third-order valence-electron chi connectivity index (χ3n) is 1.73. The zero-order valence-electron chi connectivity index (χ0n) is 8.23. The van der Waals surface area contributed by atoms with Gasteiger partial charge in [0, 0.05) is 6.21 Å². The van der Waals surface area contributed by atoms with Crippen LogP contribution in [0.4, 0.5) is 5.69 Å². The molecule has 0 unspecified atom stereocenters. The second-order valence-electron chi connectivity index (χ2n) is 2.78. The zero-order chi connectivity index (χ0) is 10.4. The molecule has 1 rings (SSSR count). The molecule has 0 aliphatic heterocycles. The Morgan fingerprint density at radius 2 is 2.36 bits per heavy atom. The molecule has 0 bridgehead atoms. The summed E-state index contributed by atoms with van der Waals surface area (Å²) in [6.45, 7) is 4.20. The highest BCUT2D eigenvalue weighted by molar-refractivity contribution is 5.81. The fourth-order valence-electron chi connectivity index (χ4n) is 1.04. The predicted molar refractivity (Wildman–Crippen MR) is 60.1 cm³/mol. The van der Waals surface area contributed by atoms with Gasteiger partial charge in [-0.15, -0.1) is 6.58 Å². The van der Waals surface area contributed by atoms with E-state index in [1.807, 2.05) is 12.1 Å². The quantitative estimate of drug-likeness (QED) is 0.447. The van der Waals surface area contributed by atoms with Crippen molar-refractivity contribution in [3.05, 3.63) is 36.4 Å². The van der Waals surface area contributed by atoms with Gasteiger partial charge in [0.05, 0.1) is 19.3 Å². The van der Waals surface area contributed by atoms with Crippen LogP contribution >= 0.6 is 0 Å². The van der Waals surface area contributed by atoms with Gasteiger partial charge in [-0.3, -0.25) is 4.99 Å². The van der Waals surface area contributed by atoms with Gasteiger partial charge in [-0.2, -0.15) is 0 Å². The average Bonchev–Trinajstić information content (AvgIpc) is 2.21. The molecule has 0 aliphatic rings. The van der Waals surface area contributed by atoms with Crippen molar-refractivity contribution < 1.29 is 4.74 Å². The maximum Gasteiger partial charge on any atom is 0.142 e. The average molecular weight is 190 g/mol. The minimum Gasteiger partial charge on any atom is -0.495 e. The molecule has 0 heterocycles. The monoisotopic (exact) mass is 190 g/mol. The minimum atomic E-state index is 0.618. The Balaban J connectivity index is 2.83. The number of nitrogens with zero attached hydrogens (tertiary/aromatic N) is 1. The molecule has 2 N–H and O–H groups in total. The smallest absolute Gasteiger partial charge is 0.142 e. The number of aliphatic imine (C=N–C) groups is 1. The number of ether oxygens (including phenoxy) is 1. The van der Waals surface area contributed by atoms with E-state index in [-0.39, 0.29) is 0 Å². The topological polar surface area (TPSA) is 47.6 Å². The van der Waals surface area contributed by atoms with Crippen LogP contribution < -0.4 is 10.5 Å². The lowest BCUT2D eigenvalue weighted by Crippen LogP contribution is -1.93. The molecule has 0 saturated heterocycles. The van der Waals surface area contributed by atoms with Crippen molar-refractivity contribution in [2.24, 2.45) is 4.99 Å². The molecular weight excluding hydrogens is 176 g/mol. The van der Waals surface area contributed by atoms with E-state index in [4.69, 9.17) is 10.5 Å². The first-order chi connectivity index (χ1) is 6.77. The van der Waals surface area contributed by atoms with Gasteiger partial charge in [-0.05, 0) is 17.7 Å². The van der Waals surface area contributed by atoms with E-state index < -0.39 is 0 Å². The van der Waals surface area contributed by atoms with E-state index >= 15 is 0 Å².